The van der Waals surface area contributed by atoms with Gasteiger partial charge in [0, 0.05) is 170 Å². The molecular weight excluding hydrogens is 1690 g/mol. The Morgan fingerprint density at radius 2 is 0.715 bits per heavy atom. The molecule has 12 aromatic carbocycles. The first-order valence-electron chi connectivity index (χ1n) is 43.2. The molecular formula is C104H114BCl3N12O10. The van der Waals surface area contributed by atoms with Crippen molar-refractivity contribution in [2.75, 3.05) is 101 Å². The number of para-hydroxylation sites is 4. The third-order valence-corrected chi connectivity index (χ3v) is 23.4. The number of hydrogen-bond acceptors (Lipinski definition) is 17. The number of alkyl carbamates (subject to hydrolysis) is 2. The highest BCUT2D eigenvalue weighted by atomic mass is 35.5. The molecule has 12 aromatic rings. The maximum absolute atomic E-state index is 13.4. The standard InChI is InChI=1S/C27H29N3O3.C25H26ClN3O.C19H23N3O.C18H20N2O2.C9H10ClNO.C6H6BClO2/c1-19-17-24(28-27(32)33-18-20-9-5-4-6-10-20)23-11-7-8-12-25(23)30(19)26(31)21-13-15-22(16-14-21)29(2)3;1-17-16-23(27-20-12-10-19(26)11-13-20)22-6-4-5-7-24(22)29(17)25(30)18-8-14-21(15-9-18)28(2)3;1-13-12-17(20)16-6-4-5-7-18(16)22(13)19(23)14-8-10-15(11-9-14)21(2)3;1-13-11-17(15-9-5-6-10-16(15)19-13)20-18(21)22-12-14-7-3-2-4-8-14;1-11(2)8-5-3-7(4-6-8)9(10)12;8-6-3-1-5(2-4-6)7(9)10/h4-16,19,24H,17-18H2,1-3H3,(H,28,32);4-15,17,23,27H,16H2,1-3H3;4-11,13,17H,12,20H2,1-3H3;2-10,13,17,19H,11-12H2,1H3,(H,20,21);3-6H,1-2H3;1-4,9-10H. The molecule has 674 valence electrons. The molecule has 4 aliphatic heterocycles. The number of hydrogen-bond donors (Lipinski definition) is 7. The number of nitrogens with zero attached hydrogens (tertiary/aromatic N) is 7. The van der Waals surface area contributed by atoms with Crippen LogP contribution in [0.2, 0.25) is 10.0 Å². The number of nitrogens with one attached hydrogen (secondary N) is 4. The van der Waals surface area contributed by atoms with E-state index >= 15 is 0 Å². The van der Waals surface area contributed by atoms with E-state index in [4.69, 9.17) is 60.1 Å². The van der Waals surface area contributed by atoms with E-state index in [0.717, 1.165) is 109 Å². The highest BCUT2D eigenvalue weighted by molar-refractivity contribution is 6.67. The third kappa shape index (κ3) is 26.5. The number of halogens is 3. The molecule has 8 atom stereocenters. The summed E-state index contributed by atoms with van der Waals surface area (Å²) >= 11 is 16.9. The van der Waals surface area contributed by atoms with Crippen LogP contribution in [0.25, 0.3) is 0 Å². The van der Waals surface area contributed by atoms with Crippen LogP contribution < -0.4 is 66.8 Å². The van der Waals surface area contributed by atoms with Crippen LogP contribution in [0.1, 0.15) is 152 Å². The molecule has 0 bridgehead atoms. The maximum Gasteiger partial charge on any atom is 0.488 e. The van der Waals surface area contributed by atoms with E-state index in [2.05, 4.69) is 48.1 Å². The van der Waals surface area contributed by atoms with Crippen LogP contribution in [0.4, 0.5) is 60.8 Å². The zero-order chi connectivity index (χ0) is 93.2. The number of amides is 5. The normalized spacial score (nSPS) is 17.0. The Morgan fingerprint density at radius 3 is 1.11 bits per heavy atom. The summed E-state index contributed by atoms with van der Waals surface area (Å²) in [6.45, 7) is 8.78. The number of anilines is 9. The van der Waals surface area contributed by atoms with Gasteiger partial charge in [0.1, 0.15) is 13.2 Å². The Bertz CT molecular complexity index is 5710. The van der Waals surface area contributed by atoms with Crippen molar-refractivity contribution in [3.05, 3.63) is 369 Å². The van der Waals surface area contributed by atoms with E-state index in [1.54, 1.807) is 36.4 Å². The van der Waals surface area contributed by atoms with Gasteiger partial charge in [-0.1, -0.05) is 169 Å². The Kier molecular flexibility index (Phi) is 35.1. The molecule has 0 saturated heterocycles. The topological polar surface area (TPSA) is 258 Å². The SMILES string of the molecule is CC1CC(N)c2ccccc2N1C(=O)c1ccc(N(C)C)cc1.CC1CC(NC(=O)OCc2ccccc2)c2ccccc2N1.CC1CC(NC(=O)OCc2ccccc2)c2ccccc2N1C(=O)c1ccc(N(C)C)cc1.CC1CC(Nc2ccc(Cl)cc2)c2ccccc2N1C(=O)c1ccc(N(C)C)cc1.CN(C)c1ccc(C(=O)Cl)cc1.OB(O)c1ccc(Cl)cc1. The molecule has 0 spiro atoms. The summed E-state index contributed by atoms with van der Waals surface area (Å²) in [6.07, 6.45) is 2.19. The van der Waals surface area contributed by atoms with Crippen LogP contribution in [-0.4, -0.2) is 133 Å². The van der Waals surface area contributed by atoms with Gasteiger partial charge in [0.25, 0.3) is 23.0 Å². The highest BCUT2D eigenvalue weighted by Crippen LogP contribution is 2.43. The number of benzene rings is 12. The summed E-state index contributed by atoms with van der Waals surface area (Å²) < 4.78 is 10.7. The van der Waals surface area contributed by atoms with Crippen LogP contribution >= 0.6 is 34.8 Å². The molecule has 0 radical (unpaired) electrons. The predicted octanol–water partition coefficient (Wildman–Crippen LogP) is 20.4. The second-order valence-corrected chi connectivity index (χ2v) is 34.3. The summed E-state index contributed by atoms with van der Waals surface area (Å²) in [6, 6.07) is 95.7. The molecule has 5 amide bonds. The number of carbonyl (C=O) groups is 6. The van der Waals surface area contributed by atoms with Gasteiger partial charge < -0.3 is 80.8 Å². The van der Waals surface area contributed by atoms with Crippen molar-refractivity contribution in [3.63, 3.8) is 0 Å². The average Bonchev–Trinajstić information content (AvgIpc) is 0.764. The lowest BCUT2D eigenvalue weighted by Gasteiger charge is -2.40. The number of ether oxygens (including phenoxy) is 2. The van der Waals surface area contributed by atoms with Crippen LogP contribution in [0.15, 0.2) is 303 Å². The molecule has 0 aliphatic carbocycles. The van der Waals surface area contributed by atoms with Crippen molar-refractivity contribution in [2.45, 2.75) is 115 Å². The Balaban J connectivity index is 0.000000157. The van der Waals surface area contributed by atoms with E-state index in [0.29, 0.717) is 45.2 Å². The van der Waals surface area contributed by atoms with Gasteiger partial charge in [-0.2, -0.15) is 0 Å². The van der Waals surface area contributed by atoms with Crippen LogP contribution in [0.5, 0.6) is 0 Å². The summed E-state index contributed by atoms with van der Waals surface area (Å²) in [5.74, 6) is 0.0118. The van der Waals surface area contributed by atoms with Crippen molar-refractivity contribution < 1.29 is 48.3 Å². The van der Waals surface area contributed by atoms with Crippen molar-refractivity contribution >= 4 is 134 Å². The van der Waals surface area contributed by atoms with Crippen LogP contribution in [0, 0.1) is 0 Å². The van der Waals surface area contributed by atoms with E-state index in [9.17, 15) is 28.8 Å². The van der Waals surface area contributed by atoms with Gasteiger partial charge in [-0.3, -0.25) is 19.2 Å². The molecule has 4 aliphatic rings. The quantitative estimate of drug-likeness (QED) is 0.0330. The van der Waals surface area contributed by atoms with E-state index < -0.39 is 18.5 Å². The van der Waals surface area contributed by atoms with E-state index in [-0.39, 0.29) is 79.3 Å². The highest BCUT2D eigenvalue weighted by Gasteiger charge is 2.38. The Morgan fingerprint density at radius 1 is 0.392 bits per heavy atom. The summed E-state index contributed by atoms with van der Waals surface area (Å²) in [5.41, 5.74) is 24.4. The monoisotopic (exact) mass is 1810 g/mol. The van der Waals surface area contributed by atoms with E-state index in [1.165, 1.54) is 0 Å². The molecule has 16 rings (SSSR count). The van der Waals surface area contributed by atoms with Gasteiger partial charge in [-0.15, -0.1) is 0 Å². The molecule has 26 heteroatoms. The molecule has 22 nitrogen and oxygen atoms in total. The van der Waals surface area contributed by atoms with Gasteiger partial charge in [-0.05, 0) is 262 Å². The van der Waals surface area contributed by atoms with Crippen LogP contribution in [-0.2, 0) is 22.7 Å². The number of rotatable bonds is 17. The van der Waals surface area contributed by atoms with E-state index in [1.807, 2.05) is 358 Å². The molecule has 8 N–H and O–H groups in total. The lowest BCUT2D eigenvalue weighted by molar-refractivity contribution is 0.0964. The number of nitrogens with two attached hydrogens (primary N) is 1. The molecule has 0 aromatic heterocycles. The maximum atomic E-state index is 13.4. The van der Waals surface area contributed by atoms with Crippen LogP contribution in [0.3, 0.4) is 0 Å². The fourth-order valence-electron chi connectivity index (χ4n) is 15.8. The first-order chi connectivity index (χ1) is 62.4. The second-order valence-electron chi connectivity index (χ2n) is 33.1. The van der Waals surface area contributed by atoms with Crippen molar-refractivity contribution in [2.24, 2.45) is 5.73 Å². The van der Waals surface area contributed by atoms with Gasteiger partial charge in [0.05, 0.1) is 18.1 Å². The Labute approximate surface area is 778 Å². The van der Waals surface area contributed by atoms with Crippen molar-refractivity contribution in [1.29, 1.82) is 0 Å². The minimum atomic E-state index is -1.41. The lowest BCUT2D eigenvalue weighted by Crippen LogP contribution is -2.46. The fraction of sp³-hybridized carbons (Fsp3) is 0.250. The first-order valence-corrected chi connectivity index (χ1v) is 44.3. The van der Waals surface area contributed by atoms with Gasteiger partial charge in [0.15, 0.2) is 0 Å². The number of fused-ring (bicyclic) bond motifs is 4. The fourth-order valence-corrected chi connectivity index (χ4v) is 16.1. The molecule has 8 unspecified atom stereocenters. The second kappa shape index (κ2) is 46.7. The summed E-state index contributed by atoms with van der Waals surface area (Å²) in [7, 11) is 14.4. The minimum absolute atomic E-state index is 0.0126. The zero-order valence-electron chi connectivity index (χ0n) is 75.3. The average molecular weight is 1810 g/mol. The van der Waals surface area contributed by atoms with Gasteiger partial charge >= 0.3 is 19.3 Å². The van der Waals surface area contributed by atoms with Crippen molar-refractivity contribution in [3.8, 4) is 0 Å². The minimum Gasteiger partial charge on any atom is -0.445 e. The smallest absolute Gasteiger partial charge is 0.445 e. The van der Waals surface area contributed by atoms with Gasteiger partial charge in [-0.25, -0.2) is 9.59 Å². The molecule has 0 fully saturated rings. The first kappa shape index (κ1) is 97.5. The largest absolute Gasteiger partial charge is 0.488 e. The summed E-state index contributed by atoms with van der Waals surface area (Å²) in [5, 5.41) is 31.1. The molecule has 4 heterocycles. The Hall–Kier alpha value is -13.1. The molecule has 0 saturated carbocycles. The van der Waals surface area contributed by atoms with Gasteiger partial charge in [0.2, 0.25) is 0 Å². The predicted molar refractivity (Wildman–Crippen MR) is 530 cm³/mol. The van der Waals surface area contributed by atoms with Crippen molar-refractivity contribution in [1.82, 2.24) is 10.6 Å². The number of carbonyl (C=O) groups excluding carboxylic acids is 6. The zero-order valence-corrected chi connectivity index (χ0v) is 77.6. The summed E-state index contributed by atoms with van der Waals surface area (Å²) in [4.78, 5) is 88.8. The third-order valence-electron chi connectivity index (χ3n) is 22.7. The lowest BCUT2D eigenvalue weighted by atomic mass is 9.81. The molecule has 130 heavy (non-hydrogen) atoms.